The number of nitrogens with one attached hydrogen (secondary N) is 2. The van der Waals surface area contributed by atoms with E-state index in [0.717, 1.165) is 37.1 Å². The van der Waals surface area contributed by atoms with E-state index in [0.29, 0.717) is 13.2 Å². The first-order chi connectivity index (χ1) is 17.2. The molecule has 2 aromatic carbocycles. The molecule has 2 heterocycles. The number of carbonyl (C=O) groups excluding carboxylic acids is 2. The van der Waals surface area contributed by atoms with Crippen molar-refractivity contribution in [2.24, 2.45) is 11.5 Å². The molecule has 2 aliphatic rings. The summed E-state index contributed by atoms with van der Waals surface area (Å²) in [6, 6.07) is 3.91. The monoisotopic (exact) mass is 505 g/mol. The van der Waals surface area contributed by atoms with E-state index < -0.39 is 35.3 Å². The van der Waals surface area contributed by atoms with Crippen molar-refractivity contribution in [3.05, 3.63) is 75.9 Å². The van der Waals surface area contributed by atoms with Gasteiger partial charge in [-0.2, -0.15) is 0 Å². The molecule has 12 heteroatoms. The molecule has 4 rings (SSSR count). The summed E-state index contributed by atoms with van der Waals surface area (Å²) >= 11 is 0. The van der Waals surface area contributed by atoms with Crippen LogP contribution in [0.3, 0.4) is 0 Å². The van der Waals surface area contributed by atoms with Crippen LogP contribution in [0.2, 0.25) is 0 Å². The second-order valence-electron chi connectivity index (χ2n) is 8.46. The van der Waals surface area contributed by atoms with Crippen LogP contribution in [0.4, 0.5) is 13.2 Å². The molecule has 0 bridgehead atoms. The summed E-state index contributed by atoms with van der Waals surface area (Å²) in [5, 5.41) is 3.94. The zero-order valence-electron chi connectivity index (χ0n) is 19.4. The maximum absolute atomic E-state index is 15.2. The Labute approximate surface area is 205 Å². The number of halogens is 3. The Morgan fingerprint density at radius 1 is 1.22 bits per heavy atom. The number of hydrazine groups is 1. The van der Waals surface area contributed by atoms with Crippen molar-refractivity contribution in [2.45, 2.75) is 31.5 Å². The van der Waals surface area contributed by atoms with Crippen molar-refractivity contribution in [2.75, 3.05) is 20.3 Å². The summed E-state index contributed by atoms with van der Waals surface area (Å²) in [6.07, 6.45) is 1.50. The predicted molar refractivity (Wildman–Crippen MR) is 122 cm³/mol. The van der Waals surface area contributed by atoms with Gasteiger partial charge in [0.1, 0.15) is 29.0 Å². The number of rotatable bonds is 7. The van der Waals surface area contributed by atoms with Gasteiger partial charge in [0.25, 0.3) is 5.91 Å². The van der Waals surface area contributed by atoms with Crippen molar-refractivity contribution >= 4 is 11.8 Å². The minimum absolute atomic E-state index is 0.0307. The van der Waals surface area contributed by atoms with Crippen LogP contribution in [0, 0.1) is 17.5 Å². The predicted octanol–water partition coefficient (Wildman–Crippen LogP) is 1.74. The maximum Gasteiger partial charge on any atom is 0.255 e. The van der Waals surface area contributed by atoms with Gasteiger partial charge < -0.3 is 26.3 Å². The fraction of sp³-hybridized carbons (Fsp3) is 0.333. The van der Waals surface area contributed by atoms with Gasteiger partial charge in [0, 0.05) is 24.3 Å². The second-order valence-corrected chi connectivity index (χ2v) is 8.46. The van der Waals surface area contributed by atoms with E-state index in [2.05, 4.69) is 10.7 Å². The third-order valence-corrected chi connectivity index (χ3v) is 6.18. The van der Waals surface area contributed by atoms with Crippen LogP contribution in [0.15, 0.2) is 41.7 Å². The lowest BCUT2D eigenvalue weighted by molar-refractivity contribution is -0.114. The van der Waals surface area contributed by atoms with Crippen molar-refractivity contribution in [3.63, 3.8) is 0 Å². The topological polar surface area (TPSA) is 132 Å². The Balaban J connectivity index is 1.55. The number of carbonyl (C=O) groups is 2. The Bertz CT molecular complexity index is 1220. The Morgan fingerprint density at radius 3 is 2.67 bits per heavy atom. The molecular formula is C24H26F3N5O4. The van der Waals surface area contributed by atoms with E-state index >= 15 is 4.39 Å². The Hall–Kier alpha value is -3.77. The van der Waals surface area contributed by atoms with Crippen LogP contribution >= 0.6 is 0 Å². The number of ether oxygens (including phenoxy) is 2. The van der Waals surface area contributed by atoms with Gasteiger partial charge in [0.05, 0.1) is 36.9 Å². The number of hydrogen-bond acceptors (Lipinski definition) is 7. The minimum Gasteiger partial charge on any atom is -0.496 e. The standard InChI is InChI=1S/C24H26F3N5O4/c1-35-19-5-4-13(25)8-16(19)24(34)30-10-12-7-18(27)15(9-17(12)26)21-20(23(29)33)22(28)32(31-21)14-3-2-6-36-11-14/h4-5,7-9,14,21,31H,2-3,6,10-11,28H2,1H3,(H2,29,33)(H,30,34). The normalized spacial score (nSPS) is 19.9. The van der Waals surface area contributed by atoms with E-state index in [1.807, 2.05) is 0 Å². The third-order valence-electron chi connectivity index (χ3n) is 6.18. The average Bonchev–Trinajstić information content (AvgIpc) is 3.21. The van der Waals surface area contributed by atoms with E-state index in [1.165, 1.54) is 18.2 Å². The largest absolute Gasteiger partial charge is 0.496 e. The first-order valence-electron chi connectivity index (χ1n) is 11.2. The molecular weight excluding hydrogens is 479 g/mol. The first-order valence-corrected chi connectivity index (χ1v) is 11.2. The maximum atomic E-state index is 15.2. The quantitative estimate of drug-likeness (QED) is 0.451. The summed E-state index contributed by atoms with van der Waals surface area (Å²) in [5.74, 6) is -3.77. The Kier molecular flexibility index (Phi) is 7.36. The van der Waals surface area contributed by atoms with E-state index in [4.69, 9.17) is 20.9 Å². The number of nitrogens with two attached hydrogens (primary N) is 2. The van der Waals surface area contributed by atoms with Gasteiger partial charge >= 0.3 is 0 Å². The van der Waals surface area contributed by atoms with Crippen LogP contribution in [0.25, 0.3) is 0 Å². The summed E-state index contributed by atoms with van der Waals surface area (Å²) < 4.78 is 54.3. The molecule has 0 radical (unpaired) electrons. The van der Waals surface area contributed by atoms with Crippen LogP contribution in [-0.2, 0) is 16.1 Å². The highest BCUT2D eigenvalue weighted by atomic mass is 19.1. The molecule has 0 saturated carbocycles. The van der Waals surface area contributed by atoms with Crippen LogP contribution < -0.4 is 26.9 Å². The lowest BCUT2D eigenvalue weighted by Gasteiger charge is -2.33. The molecule has 1 fully saturated rings. The molecule has 6 N–H and O–H groups in total. The summed E-state index contributed by atoms with van der Waals surface area (Å²) in [7, 11) is 1.32. The van der Waals surface area contributed by atoms with Crippen LogP contribution in [-0.4, -0.2) is 43.2 Å². The van der Waals surface area contributed by atoms with Crippen molar-refractivity contribution in [1.82, 2.24) is 15.8 Å². The molecule has 192 valence electrons. The van der Waals surface area contributed by atoms with E-state index in [9.17, 15) is 18.4 Å². The molecule has 0 aromatic heterocycles. The average molecular weight is 505 g/mol. The zero-order chi connectivity index (χ0) is 26.0. The first kappa shape index (κ1) is 25.3. The van der Waals surface area contributed by atoms with Gasteiger partial charge in [-0.15, -0.1) is 0 Å². The van der Waals surface area contributed by atoms with Gasteiger partial charge in [0.2, 0.25) is 5.91 Å². The zero-order valence-corrected chi connectivity index (χ0v) is 19.4. The third kappa shape index (κ3) is 4.95. The van der Waals surface area contributed by atoms with Crippen molar-refractivity contribution < 1.29 is 32.2 Å². The highest BCUT2D eigenvalue weighted by Crippen LogP contribution is 2.34. The summed E-state index contributed by atoms with van der Waals surface area (Å²) in [4.78, 5) is 24.7. The number of methoxy groups -OCH3 is 1. The van der Waals surface area contributed by atoms with Crippen molar-refractivity contribution in [1.29, 1.82) is 0 Å². The lowest BCUT2D eigenvalue weighted by Crippen LogP contribution is -2.47. The molecule has 2 aromatic rings. The van der Waals surface area contributed by atoms with Crippen molar-refractivity contribution in [3.8, 4) is 5.75 Å². The number of primary amides is 1. The summed E-state index contributed by atoms with van der Waals surface area (Å²) in [5.41, 5.74) is 14.1. The highest BCUT2D eigenvalue weighted by Gasteiger charge is 2.39. The number of benzene rings is 2. The Morgan fingerprint density at radius 2 is 2.00 bits per heavy atom. The van der Waals surface area contributed by atoms with Gasteiger partial charge in [-0.25, -0.2) is 18.6 Å². The van der Waals surface area contributed by atoms with Gasteiger partial charge in [-0.05, 0) is 43.2 Å². The van der Waals surface area contributed by atoms with Gasteiger partial charge in [-0.1, -0.05) is 0 Å². The van der Waals surface area contributed by atoms with Crippen LogP contribution in [0.1, 0.15) is 40.4 Å². The summed E-state index contributed by atoms with van der Waals surface area (Å²) in [6.45, 7) is 0.563. The SMILES string of the molecule is COc1ccc(F)cc1C(=O)NCc1cc(F)c(C2NN(C3CCCOC3)C(N)=C2C(N)=O)cc1F. The van der Waals surface area contributed by atoms with Gasteiger partial charge in [0.15, 0.2) is 0 Å². The molecule has 2 amide bonds. The molecule has 0 aliphatic carbocycles. The fourth-order valence-electron chi connectivity index (χ4n) is 4.36. The number of amides is 2. The number of hydrogen-bond donors (Lipinski definition) is 4. The molecule has 36 heavy (non-hydrogen) atoms. The minimum atomic E-state index is -1.11. The molecule has 9 nitrogen and oxygen atoms in total. The molecule has 1 saturated heterocycles. The van der Waals surface area contributed by atoms with Gasteiger partial charge in [-0.3, -0.25) is 14.6 Å². The molecule has 2 atom stereocenters. The molecule has 2 aliphatic heterocycles. The number of nitrogens with zero attached hydrogens (tertiary/aromatic N) is 1. The lowest BCUT2D eigenvalue weighted by atomic mass is 9.97. The second kappa shape index (κ2) is 10.5. The molecule has 0 spiro atoms. The smallest absolute Gasteiger partial charge is 0.255 e. The van der Waals surface area contributed by atoms with E-state index in [1.54, 1.807) is 0 Å². The van der Waals surface area contributed by atoms with E-state index in [-0.39, 0.29) is 46.4 Å². The molecule has 2 unspecified atom stereocenters. The fourth-order valence-corrected chi connectivity index (χ4v) is 4.36. The van der Waals surface area contributed by atoms with Crippen LogP contribution in [0.5, 0.6) is 5.75 Å². The highest BCUT2D eigenvalue weighted by molar-refractivity contribution is 5.97.